The Kier molecular flexibility index (Phi) is 1.83. The summed E-state index contributed by atoms with van der Waals surface area (Å²) in [4.78, 5) is 11.0. The molecule has 48 valence electrons. The number of halogens is 1. The maximum absolute atomic E-state index is 10.7. The van der Waals surface area contributed by atoms with Gasteiger partial charge in [-0.2, -0.15) is 0 Å². The zero-order valence-electron chi connectivity index (χ0n) is 4.43. The summed E-state index contributed by atoms with van der Waals surface area (Å²) in [6.07, 6.45) is 2.86. The Labute approximate surface area is 62.9 Å². The Morgan fingerprint density at radius 3 is 2.89 bits per heavy atom. The quantitative estimate of drug-likeness (QED) is 0.417. The lowest BCUT2D eigenvalue weighted by Gasteiger charge is -2.11. The van der Waals surface area contributed by atoms with Gasteiger partial charge in [0.05, 0.1) is 0 Å². The Bertz CT molecular complexity index is 189. The fourth-order valence-electron chi connectivity index (χ4n) is 0.493. The highest BCUT2D eigenvalue weighted by atomic mass is 35.5. The number of carbonyl (C=O) groups is 1. The Morgan fingerprint density at radius 1 is 1.78 bits per heavy atom. The number of ketones is 1. The van der Waals surface area contributed by atoms with E-state index in [9.17, 15) is 4.79 Å². The number of allylic oxidation sites excluding steroid dienone is 1. The number of rotatable bonds is 0. The van der Waals surface area contributed by atoms with Crippen LogP contribution in [0.3, 0.4) is 0 Å². The normalized spacial score (nSPS) is 26.1. The molecule has 0 aromatic rings. The number of hydrogen-bond donors (Lipinski definition) is 1. The molecule has 0 saturated heterocycles. The molecule has 0 amide bonds. The fourth-order valence-corrected chi connectivity index (χ4v) is 0.813. The number of hydrogen-bond acceptors (Lipinski definition) is 2. The van der Waals surface area contributed by atoms with Crippen LogP contribution in [0.2, 0.25) is 0 Å². The van der Waals surface area contributed by atoms with Gasteiger partial charge in [0, 0.05) is 6.20 Å². The maximum Gasteiger partial charge on any atom is 0.181 e. The van der Waals surface area contributed by atoms with Crippen molar-refractivity contribution in [3.63, 3.8) is 0 Å². The molecule has 1 rings (SSSR count). The number of nitrogens with one attached hydrogen (secondary N) is 1. The van der Waals surface area contributed by atoms with E-state index in [2.05, 4.69) is 5.32 Å². The average Bonchev–Trinajstić information content (AvgIpc) is 1.83. The molecule has 0 saturated carbocycles. The van der Waals surface area contributed by atoms with Crippen molar-refractivity contribution in [2.45, 2.75) is 5.38 Å². The van der Waals surface area contributed by atoms with Gasteiger partial charge in [0.25, 0.3) is 0 Å². The van der Waals surface area contributed by atoms with Crippen LogP contribution in [0.4, 0.5) is 0 Å². The van der Waals surface area contributed by atoms with E-state index in [0.717, 1.165) is 0 Å². The van der Waals surface area contributed by atoms with Gasteiger partial charge in [-0.25, -0.2) is 0 Å². The second-order valence-corrected chi connectivity index (χ2v) is 2.48. The van der Waals surface area contributed by atoms with E-state index in [1.54, 1.807) is 0 Å². The summed E-state index contributed by atoms with van der Waals surface area (Å²) < 4.78 is 0. The number of carbonyl (C=O) groups excluding carboxylic acids is 1. The van der Waals surface area contributed by atoms with Crippen molar-refractivity contribution < 1.29 is 4.79 Å². The Balaban J connectivity index is 2.81. The van der Waals surface area contributed by atoms with E-state index >= 15 is 0 Å². The molecule has 1 aliphatic rings. The Morgan fingerprint density at radius 2 is 2.44 bits per heavy atom. The van der Waals surface area contributed by atoms with Crippen LogP contribution in [0, 0.1) is 0 Å². The van der Waals surface area contributed by atoms with Gasteiger partial charge in [0.15, 0.2) is 5.78 Å². The highest BCUT2D eigenvalue weighted by Crippen LogP contribution is 2.04. The van der Waals surface area contributed by atoms with Crippen LogP contribution in [0.25, 0.3) is 0 Å². The minimum Gasteiger partial charge on any atom is -0.355 e. The molecule has 1 unspecified atom stereocenters. The van der Waals surface area contributed by atoms with Gasteiger partial charge in [-0.15, -0.1) is 11.6 Å². The van der Waals surface area contributed by atoms with Gasteiger partial charge in [-0.05, 0) is 6.08 Å². The lowest BCUT2D eigenvalue weighted by molar-refractivity contribution is -0.113. The standard InChI is InChI=1S/C5H4ClNOS/c6-4-3(8)1-2-7-5(4)9/h1-2,4H,(H,7,9). The highest BCUT2D eigenvalue weighted by Gasteiger charge is 2.19. The molecule has 9 heavy (non-hydrogen) atoms. The van der Waals surface area contributed by atoms with E-state index in [1.807, 2.05) is 0 Å². The molecule has 0 aliphatic carbocycles. The van der Waals surface area contributed by atoms with E-state index < -0.39 is 5.38 Å². The predicted molar refractivity (Wildman–Crippen MR) is 39.5 cm³/mol. The molecule has 1 aliphatic heterocycles. The van der Waals surface area contributed by atoms with Crippen molar-refractivity contribution in [3.05, 3.63) is 12.3 Å². The summed E-state index contributed by atoms with van der Waals surface area (Å²) in [7, 11) is 0. The third-order valence-corrected chi connectivity index (χ3v) is 1.87. The fraction of sp³-hybridized carbons (Fsp3) is 0.200. The topological polar surface area (TPSA) is 29.1 Å². The Hall–Kier alpha value is -0.410. The average molecular weight is 162 g/mol. The first kappa shape index (κ1) is 6.71. The molecule has 1 N–H and O–H groups in total. The first-order valence-corrected chi connectivity index (χ1v) is 3.21. The van der Waals surface area contributed by atoms with Crippen molar-refractivity contribution in [3.8, 4) is 0 Å². The van der Waals surface area contributed by atoms with Crippen molar-refractivity contribution in [1.29, 1.82) is 0 Å². The molecule has 0 spiro atoms. The van der Waals surface area contributed by atoms with Crippen LogP contribution < -0.4 is 5.32 Å². The molecule has 1 heterocycles. The first-order chi connectivity index (χ1) is 4.22. The van der Waals surface area contributed by atoms with Gasteiger partial charge >= 0.3 is 0 Å². The zero-order chi connectivity index (χ0) is 6.85. The maximum atomic E-state index is 10.7. The zero-order valence-corrected chi connectivity index (χ0v) is 6.00. The summed E-state index contributed by atoms with van der Waals surface area (Å²) in [6.45, 7) is 0. The van der Waals surface area contributed by atoms with Crippen molar-refractivity contribution in [2.24, 2.45) is 0 Å². The molecular formula is C5H4ClNOS. The van der Waals surface area contributed by atoms with Crippen LogP contribution in [-0.4, -0.2) is 16.1 Å². The smallest absolute Gasteiger partial charge is 0.181 e. The van der Waals surface area contributed by atoms with Crippen molar-refractivity contribution in [2.75, 3.05) is 0 Å². The van der Waals surface area contributed by atoms with Gasteiger partial charge in [-0.1, -0.05) is 12.2 Å². The first-order valence-electron chi connectivity index (χ1n) is 2.36. The van der Waals surface area contributed by atoms with Crippen LogP contribution in [0.15, 0.2) is 12.3 Å². The second kappa shape index (κ2) is 2.45. The lowest BCUT2D eigenvalue weighted by atomic mass is 10.2. The minimum absolute atomic E-state index is 0.152. The summed E-state index contributed by atoms with van der Waals surface area (Å²) in [5, 5.41) is 2.00. The van der Waals surface area contributed by atoms with Crippen LogP contribution >= 0.6 is 23.8 Å². The van der Waals surface area contributed by atoms with Crippen LogP contribution in [0.1, 0.15) is 0 Å². The second-order valence-electron chi connectivity index (χ2n) is 1.61. The van der Waals surface area contributed by atoms with E-state index in [0.29, 0.717) is 4.99 Å². The van der Waals surface area contributed by atoms with E-state index in [1.165, 1.54) is 12.3 Å². The molecule has 0 aromatic heterocycles. The minimum atomic E-state index is -0.662. The lowest BCUT2D eigenvalue weighted by Crippen LogP contribution is -2.34. The third-order valence-electron chi connectivity index (χ3n) is 0.953. The molecular weight excluding hydrogens is 158 g/mol. The number of alkyl halides is 1. The molecule has 0 aromatic carbocycles. The van der Waals surface area contributed by atoms with E-state index in [4.69, 9.17) is 23.8 Å². The SMILES string of the molecule is O=C1C=CNC(=S)C1Cl. The van der Waals surface area contributed by atoms with Crippen LogP contribution in [0.5, 0.6) is 0 Å². The highest BCUT2D eigenvalue weighted by molar-refractivity contribution is 7.80. The predicted octanol–water partition coefficient (Wildman–Crippen LogP) is 0.607. The van der Waals surface area contributed by atoms with Gasteiger partial charge in [0.2, 0.25) is 0 Å². The van der Waals surface area contributed by atoms with Crippen LogP contribution in [-0.2, 0) is 4.79 Å². The molecule has 4 heteroatoms. The molecule has 2 nitrogen and oxygen atoms in total. The summed E-state index contributed by atoms with van der Waals surface area (Å²) in [5.41, 5.74) is 0. The third kappa shape index (κ3) is 1.28. The van der Waals surface area contributed by atoms with Crippen molar-refractivity contribution >= 4 is 34.6 Å². The van der Waals surface area contributed by atoms with Gasteiger partial charge < -0.3 is 5.32 Å². The number of thiocarbonyl (C=S) groups is 1. The molecule has 1 atom stereocenters. The molecule has 0 radical (unpaired) electrons. The van der Waals surface area contributed by atoms with Crippen molar-refractivity contribution in [1.82, 2.24) is 5.32 Å². The molecule has 0 bridgehead atoms. The summed E-state index contributed by atoms with van der Waals surface area (Å²) >= 11 is 10.2. The van der Waals surface area contributed by atoms with Gasteiger partial charge in [0.1, 0.15) is 10.4 Å². The van der Waals surface area contributed by atoms with E-state index in [-0.39, 0.29) is 5.78 Å². The largest absolute Gasteiger partial charge is 0.355 e. The monoisotopic (exact) mass is 161 g/mol. The molecule has 0 fully saturated rings. The summed E-state index contributed by atoms with van der Waals surface area (Å²) in [5.74, 6) is -0.152. The van der Waals surface area contributed by atoms with Gasteiger partial charge in [-0.3, -0.25) is 4.79 Å². The summed E-state index contributed by atoms with van der Waals surface area (Å²) in [6, 6.07) is 0.